The Bertz CT molecular complexity index is 989. The van der Waals surface area contributed by atoms with Gasteiger partial charge in [0.2, 0.25) is 0 Å². The van der Waals surface area contributed by atoms with Crippen LogP contribution >= 0.6 is 0 Å². The molecule has 1 aromatic carbocycles. The van der Waals surface area contributed by atoms with Gasteiger partial charge in [-0.05, 0) is 31.6 Å². The standard InChI is InChI=1S/C18H15N3O/c1-11-9-13(10-21-8-7-19-12(21)2)18(22)16-14-5-3-4-6-15(14)20-17(11)16/h3-9H,10H2,1-2H3. The Balaban J connectivity index is 1.86. The van der Waals surface area contributed by atoms with Crippen molar-refractivity contribution in [2.75, 3.05) is 0 Å². The molecule has 0 atom stereocenters. The normalized spacial score (nSPS) is 16.4. The minimum atomic E-state index is 0.0717. The van der Waals surface area contributed by atoms with Gasteiger partial charge in [0.15, 0.2) is 5.78 Å². The molecule has 4 rings (SSSR count). The van der Waals surface area contributed by atoms with Crippen LogP contribution in [0.4, 0.5) is 0 Å². The predicted octanol–water partition coefficient (Wildman–Crippen LogP) is 1.46. The Morgan fingerprint density at radius 2 is 2.00 bits per heavy atom. The first kappa shape index (κ1) is 13.0. The summed E-state index contributed by atoms with van der Waals surface area (Å²) in [6.45, 7) is 4.49. The van der Waals surface area contributed by atoms with Crippen LogP contribution in [0.1, 0.15) is 12.7 Å². The first-order chi connectivity index (χ1) is 10.6. The number of ketones is 1. The van der Waals surface area contributed by atoms with Gasteiger partial charge in [-0.1, -0.05) is 18.2 Å². The molecule has 4 heteroatoms. The highest BCUT2D eigenvalue weighted by Gasteiger charge is 2.28. The van der Waals surface area contributed by atoms with E-state index in [1.165, 1.54) is 0 Å². The number of aromatic nitrogens is 2. The summed E-state index contributed by atoms with van der Waals surface area (Å²) in [6, 6.07) is 7.82. The van der Waals surface area contributed by atoms with E-state index in [1.807, 2.05) is 55.0 Å². The van der Waals surface area contributed by atoms with Crippen LogP contribution in [0, 0.1) is 6.92 Å². The lowest BCUT2D eigenvalue weighted by Gasteiger charge is -2.16. The average Bonchev–Trinajstić information content (AvgIpc) is 3.09. The summed E-state index contributed by atoms with van der Waals surface area (Å²) in [6.07, 6.45) is 5.61. The summed E-state index contributed by atoms with van der Waals surface area (Å²) in [5.41, 5.74) is 3.38. The van der Waals surface area contributed by atoms with Gasteiger partial charge in [0.25, 0.3) is 0 Å². The lowest BCUT2D eigenvalue weighted by molar-refractivity contribution is -0.110. The van der Waals surface area contributed by atoms with Gasteiger partial charge in [0.05, 0.1) is 23.2 Å². The zero-order chi connectivity index (χ0) is 15.3. The molecule has 0 amide bonds. The molecule has 1 aliphatic heterocycles. The number of benzene rings is 1. The van der Waals surface area contributed by atoms with Gasteiger partial charge in [-0.15, -0.1) is 0 Å². The number of carbonyl (C=O) groups is 1. The summed E-state index contributed by atoms with van der Waals surface area (Å²) in [5, 5.41) is 1.82. The van der Waals surface area contributed by atoms with E-state index in [2.05, 4.69) is 9.98 Å². The van der Waals surface area contributed by atoms with E-state index in [1.54, 1.807) is 6.20 Å². The van der Waals surface area contributed by atoms with E-state index in [4.69, 9.17) is 0 Å². The third-order valence-corrected chi connectivity index (χ3v) is 4.19. The molecule has 1 aromatic heterocycles. The number of imidazole rings is 1. The molecule has 4 nitrogen and oxygen atoms in total. The Morgan fingerprint density at radius 3 is 2.77 bits per heavy atom. The van der Waals surface area contributed by atoms with Crippen LogP contribution < -0.4 is 10.6 Å². The maximum Gasteiger partial charge on any atom is 0.193 e. The highest BCUT2D eigenvalue weighted by Crippen LogP contribution is 2.29. The predicted molar refractivity (Wildman–Crippen MR) is 83.4 cm³/mol. The van der Waals surface area contributed by atoms with Crippen molar-refractivity contribution in [2.24, 2.45) is 4.99 Å². The highest BCUT2D eigenvalue weighted by molar-refractivity contribution is 6.30. The largest absolute Gasteiger partial charge is 0.331 e. The molecule has 0 N–H and O–H groups in total. The number of rotatable bonds is 2. The van der Waals surface area contributed by atoms with Crippen LogP contribution in [0.3, 0.4) is 0 Å². The van der Waals surface area contributed by atoms with Crippen LogP contribution in [0.2, 0.25) is 0 Å². The first-order valence-corrected chi connectivity index (χ1v) is 7.27. The maximum atomic E-state index is 12.9. The van der Waals surface area contributed by atoms with Gasteiger partial charge in [-0.2, -0.15) is 0 Å². The summed E-state index contributed by atoms with van der Waals surface area (Å²) in [4.78, 5) is 21.7. The molecule has 2 aromatic rings. The van der Waals surface area contributed by atoms with Gasteiger partial charge in [-0.25, -0.2) is 9.98 Å². The van der Waals surface area contributed by atoms with Crippen molar-refractivity contribution in [3.63, 3.8) is 0 Å². The molecular weight excluding hydrogens is 274 g/mol. The van der Waals surface area contributed by atoms with Crippen molar-refractivity contribution in [3.05, 3.63) is 76.0 Å². The minimum Gasteiger partial charge on any atom is -0.331 e. The van der Waals surface area contributed by atoms with Crippen LogP contribution in [0.25, 0.3) is 5.57 Å². The molecule has 0 unspecified atom stereocenters. The third-order valence-electron chi connectivity index (χ3n) is 4.19. The van der Waals surface area contributed by atoms with Crippen LogP contribution in [0.15, 0.2) is 64.6 Å². The Labute approximate surface area is 127 Å². The number of para-hydroxylation sites is 1. The molecule has 2 aliphatic rings. The molecule has 0 bridgehead atoms. The topological polar surface area (TPSA) is 47.2 Å². The second-order valence-electron chi connectivity index (χ2n) is 5.64. The first-order valence-electron chi connectivity index (χ1n) is 7.27. The molecule has 0 saturated carbocycles. The summed E-state index contributed by atoms with van der Waals surface area (Å²) >= 11 is 0. The Morgan fingerprint density at radius 1 is 1.18 bits per heavy atom. The molecular formula is C18H15N3O. The lowest BCUT2D eigenvalue weighted by atomic mass is 9.91. The van der Waals surface area contributed by atoms with Crippen molar-refractivity contribution in [3.8, 4) is 0 Å². The van der Waals surface area contributed by atoms with E-state index < -0.39 is 0 Å². The fraction of sp³-hybridized carbons (Fsp3) is 0.167. The van der Waals surface area contributed by atoms with Gasteiger partial charge in [0, 0.05) is 23.2 Å². The number of nitrogens with zero attached hydrogens (tertiary/aromatic N) is 3. The summed E-state index contributed by atoms with van der Waals surface area (Å²) < 4.78 is 1.99. The molecule has 0 radical (unpaired) electrons. The van der Waals surface area contributed by atoms with Gasteiger partial charge in [-0.3, -0.25) is 4.79 Å². The molecule has 0 saturated heterocycles. The van der Waals surface area contributed by atoms with Crippen LogP contribution in [-0.2, 0) is 11.3 Å². The zero-order valence-corrected chi connectivity index (χ0v) is 12.5. The van der Waals surface area contributed by atoms with Crippen molar-refractivity contribution in [2.45, 2.75) is 20.4 Å². The smallest absolute Gasteiger partial charge is 0.193 e. The van der Waals surface area contributed by atoms with Crippen molar-refractivity contribution in [1.82, 2.24) is 9.55 Å². The van der Waals surface area contributed by atoms with E-state index in [-0.39, 0.29) is 5.78 Å². The lowest BCUT2D eigenvalue weighted by Crippen LogP contribution is -2.26. The molecule has 0 spiro atoms. The van der Waals surface area contributed by atoms with E-state index in [0.29, 0.717) is 6.54 Å². The van der Waals surface area contributed by atoms with Crippen LogP contribution in [0.5, 0.6) is 0 Å². The summed E-state index contributed by atoms with van der Waals surface area (Å²) in [5.74, 6) is 0.977. The summed E-state index contributed by atoms with van der Waals surface area (Å²) in [7, 11) is 0. The van der Waals surface area contributed by atoms with Gasteiger partial charge < -0.3 is 4.57 Å². The Hall–Kier alpha value is -2.75. The number of hydrogen-bond donors (Lipinski definition) is 0. The van der Waals surface area contributed by atoms with E-state index in [9.17, 15) is 4.79 Å². The average molecular weight is 289 g/mol. The van der Waals surface area contributed by atoms with Crippen molar-refractivity contribution in [1.29, 1.82) is 0 Å². The number of allylic oxidation sites excluding steroid dienone is 4. The molecule has 2 heterocycles. The second kappa shape index (κ2) is 4.63. The fourth-order valence-corrected chi connectivity index (χ4v) is 3.03. The number of aryl methyl sites for hydroxylation is 1. The zero-order valence-electron chi connectivity index (χ0n) is 12.5. The SMILES string of the molecule is CC1=C2N=c3ccccc3=C2C(=O)C(Cn2ccnc2C)=C1. The van der Waals surface area contributed by atoms with Gasteiger partial charge in [0.1, 0.15) is 5.82 Å². The maximum absolute atomic E-state index is 12.9. The van der Waals surface area contributed by atoms with Crippen molar-refractivity contribution >= 4 is 11.4 Å². The van der Waals surface area contributed by atoms with E-state index in [0.717, 1.165) is 38.8 Å². The van der Waals surface area contributed by atoms with Gasteiger partial charge >= 0.3 is 0 Å². The second-order valence-corrected chi connectivity index (χ2v) is 5.64. The monoisotopic (exact) mass is 289 g/mol. The number of carbonyl (C=O) groups excluding carboxylic acids is 1. The van der Waals surface area contributed by atoms with E-state index >= 15 is 0 Å². The Kier molecular flexibility index (Phi) is 2.73. The third kappa shape index (κ3) is 1.80. The fourth-order valence-electron chi connectivity index (χ4n) is 3.03. The number of fused-ring (bicyclic) bond motifs is 2. The molecule has 1 aliphatic carbocycles. The van der Waals surface area contributed by atoms with Crippen molar-refractivity contribution < 1.29 is 4.79 Å². The molecule has 108 valence electrons. The van der Waals surface area contributed by atoms with Crippen LogP contribution in [-0.4, -0.2) is 15.3 Å². The number of hydrogen-bond acceptors (Lipinski definition) is 3. The highest BCUT2D eigenvalue weighted by atomic mass is 16.1. The minimum absolute atomic E-state index is 0.0717. The number of Topliss-reactive ketones (excluding diaryl/α,β-unsaturated/α-hetero) is 1. The quantitative estimate of drug-likeness (QED) is 0.840. The molecule has 0 fully saturated rings. The molecule has 22 heavy (non-hydrogen) atoms.